The van der Waals surface area contributed by atoms with Gasteiger partial charge in [0.2, 0.25) is 0 Å². The Balaban J connectivity index is 2.40. The fraction of sp³-hybridized carbons (Fsp3) is 0. The van der Waals surface area contributed by atoms with Crippen LogP contribution in [0, 0.1) is 6.57 Å². The van der Waals surface area contributed by atoms with Crippen molar-refractivity contribution >= 4 is 5.82 Å². The maximum atomic E-state index is 6.73. The normalized spacial score (nSPS) is 9.46. The predicted molar refractivity (Wildman–Crippen MR) is 48.2 cm³/mol. The van der Waals surface area contributed by atoms with Crippen LogP contribution in [0.5, 0.6) is 0 Å². The number of nitrogens with zero attached hydrogens (tertiary/aromatic N) is 2. The van der Waals surface area contributed by atoms with Crippen LogP contribution in [0.4, 0.5) is 5.82 Å². The van der Waals surface area contributed by atoms with E-state index in [4.69, 9.17) is 11.0 Å². The highest BCUT2D eigenvalue weighted by Crippen LogP contribution is 2.20. The molecule has 2 rings (SSSR count). The van der Waals surface area contributed by atoms with Crippen LogP contribution in [0.3, 0.4) is 0 Å². The van der Waals surface area contributed by atoms with Gasteiger partial charge in [0.05, 0.1) is 11.8 Å². The van der Waals surface area contributed by atoms with Crippen molar-refractivity contribution in [3.8, 4) is 11.3 Å². The van der Waals surface area contributed by atoms with Gasteiger partial charge in [-0.25, -0.2) is 0 Å². The minimum atomic E-state index is 0.398. The van der Waals surface area contributed by atoms with Gasteiger partial charge in [-0.1, -0.05) is 12.6 Å². The smallest absolute Gasteiger partial charge is 0.269 e. The van der Waals surface area contributed by atoms with Crippen molar-refractivity contribution in [3.63, 3.8) is 0 Å². The van der Waals surface area contributed by atoms with Gasteiger partial charge in [0.1, 0.15) is 12.0 Å². The Kier molecular flexibility index (Phi) is 1.81. The van der Waals surface area contributed by atoms with Gasteiger partial charge in [0, 0.05) is 0 Å². The van der Waals surface area contributed by atoms with Gasteiger partial charge in [-0.2, -0.15) is 0 Å². The van der Waals surface area contributed by atoms with Crippen LogP contribution in [-0.4, -0.2) is 4.98 Å². The number of furan rings is 1. The number of rotatable bonds is 1. The molecule has 0 aliphatic rings. The van der Waals surface area contributed by atoms with Crippen LogP contribution in [0.25, 0.3) is 16.2 Å². The van der Waals surface area contributed by atoms with E-state index in [0.29, 0.717) is 5.82 Å². The molecule has 2 aromatic rings. The van der Waals surface area contributed by atoms with Crippen molar-refractivity contribution in [1.82, 2.24) is 4.98 Å². The van der Waals surface area contributed by atoms with E-state index in [1.165, 1.54) is 0 Å². The van der Waals surface area contributed by atoms with E-state index in [9.17, 15) is 0 Å². The average molecular weight is 170 g/mol. The molecule has 3 heteroatoms. The summed E-state index contributed by atoms with van der Waals surface area (Å²) in [6.07, 6.45) is 3.24. The molecular formula is C10H6N2O. The van der Waals surface area contributed by atoms with Gasteiger partial charge in [-0.3, -0.25) is 0 Å². The molecule has 2 heterocycles. The van der Waals surface area contributed by atoms with Crippen LogP contribution in [0.1, 0.15) is 0 Å². The quantitative estimate of drug-likeness (QED) is 0.616. The summed E-state index contributed by atoms with van der Waals surface area (Å²) in [4.78, 5) is 7.14. The zero-order valence-corrected chi connectivity index (χ0v) is 6.77. The molecule has 0 bridgehead atoms. The van der Waals surface area contributed by atoms with Gasteiger partial charge in [0.15, 0.2) is 0 Å². The van der Waals surface area contributed by atoms with Crippen molar-refractivity contribution in [2.75, 3.05) is 0 Å². The summed E-state index contributed by atoms with van der Waals surface area (Å²) in [5, 5.41) is 0. The Bertz CT molecular complexity index is 423. The van der Waals surface area contributed by atoms with E-state index in [-0.39, 0.29) is 0 Å². The first kappa shape index (κ1) is 7.56. The Morgan fingerprint density at radius 1 is 1.31 bits per heavy atom. The third-order valence-electron chi connectivity index (χ3n) is 1.67. The zero-order valence-electron chi connectivity index (χ0n) is 6.77. The number of pyridine rings is 1. The highest BCUT2D eigenvalue weighted by Gasteiger charge is 2.01. The molecule has 62 valence electrons. The lowest BCUT2D eigenvalue weighted by Gasteiger charge is -1.92. The van der Waals surface area contributed by atoms with Crippen LogP contribution in [-0.2, 0) is 0 Å². The molecule has 0 aromatic carbocycles. The molecule has 0 saturated carbocycles. The van der Waals surface area contributed by atoms with Gasteiger partial charge in [-0.05, 0) is 18.2 Å². The minimum Gasteiger partial charge on any atom is -0.464 e. The highest BCUT2D eigenvalue weighted by atomic mass is 16.3. The highest BCUT2D eigenvalue weighted by molar-refractivity contribution is 5.57. The average Bonchev–Trinajstić information content (AvgIpc) is 2.71. The zero-order chi connectivity index (χ0) is 9.10. The molecule has 0 aliphatic heterocycles. The summed E-state index contributed by atoms with van der Waals surface area (Å²) < 4.78 is 5.18. The third-order valence-corrected chi connectivity index (χ3v) is 1.67. The summed E-state index contributed by atoms with van der Waals surface area (Å²) in [6.45, 7) is 6.73. The SMILES string of the molecule is [C-]#[N+]c1ccc(-c2ccco2)cn1. The summed E-state index contributed by atoms with van der Waals surface area (Å²) in [5.74, 6) is 1.17. The molecule has 0 saturated heterocycles. The van der Waals surface area contributed by atoms with Crippen LogP contribution in [0.2, 0.25) is 0 Å². The molecule has 3 nitrogen and oxygen atoms in total. The van der Waals surface area contributed by atoms with Crippen LogP contribution < -0.4 is 0 Å². The second-order valence-electron chi connectivity index (χ2n) is 2.49. The molecule has 0 radical (unpaired) electrons. The first-order valence-corrected chi connectivity index (χ1v) is 3.77. The summed E-state index contributed by atoms with van der Waals surface area (Å²) in [7, 11) is 0. The third kappa shape index (κ3) is 1.42. The maximum Gasteiger partial charge on any atom is 0.269 e. The maximum absolute atomic E-state index is 6.73. The topological polar surface area (TPSA) is 30.4 Å². The number of aromatic nitrogens is 1. The molecule has 0 aliphatic carbocycles. The molecule has 0 unspecified atom stereocenters. The Hall–Kier alpha value is -2.08. The Morgan fingerprint density at radius 3 is 2.77 bits per heavy atom. The molecule has 0 atom stereocenters. The van der Waals surface area contributed by atoms with Gasteiger partial charge >= 0.3 is 0 Å². The van der Waals surface area contributed by atoms with Gasteiger partial charge in [0.25, 0.3) is 5.82 Å². The van der Waals surface area contributed by atoms with Crippen LogP contribution in [0.15, 0.2) is 41.1 Å². The molecule has 2 aromatic heterocycles. The van der Waals surface area contributed by atoms with E-state index in [0.717, 1.165) is 11.3 Å². The first-order valence-electron chi connectivity index (χ1n) is 3.77. The molecule has 0 spiro atoms. The lowest BCUT2D eigenvalue weighted by atomic mass is 10.2. The monoisotopic (exact) mass is 170 g/mol. The predicted octanol–water partition coefficient (Wildman–Crippen LogP) is 2.89. The number of hydrogen-bond acceptors (Lipinski definition) is 2. The number of hydrogen-bond donors (Lipinski definition) is 0. The Labute approximate surface area is 75.5 Å². The van der Waals surface area contributed by atoms with Gasteiger partial charge < -0.3 is 9.26 Å². The van der Waals surface area contributed by atoms with E-state index in [1.54, 1.807) is 18.5 Å². The van der Waals surface area contributed by atoms with Crippen molar-refractivity contribution in [3.05, 3.63) is 48.1 Å². The lowest BCUT2D eigenvalue weighted by molar-refractivity contribution is 0.582. The molecule has 0 N–H and O–H groups in total. The summed E-state index contributed by atoms with van der Waals surface area (Å²) in [5.41, 5.74) is 0.886. The Morgan fingerprint density at radius 2 is 2.23 bits per heavy atom. The second-order valence-corrected chi connectivity index (χ2v) is 2.49. The standard InChI is InChI=1S/C10H6N2O/c1-11-10-5-4-8(7-12-10)9-3-2-6-13-9/h2-7H. The van der Waals surface area contributed by atoms with E-state index in [2.05, 4.69) is 9.83 Å². The summed E-state index contributed by atoms with van der Waals surface area (Å²) >= 11 is 0. The lowest BCUT2D eigenvalue weighted by Crippen LogP contribution is -1.75. The summed E-state index contributed by atoms with van der Waals surface area (Å²) in [6, 6.07) is 7.16. The second kappa shape index (κ2) is 3.11. The first-order chi connectivity index (χ1) is 6.40. The van der Waals surface area contributed by atoms with Crippen LogP contribution >= 0.6 is 0 Å². The largest absolute Gasteiger partial charge is 0.464 e. The van der Waals surface area contributed by atoms with Crippen molar-refractivity contribution in [1.29, 1.82) is 0 Å². The molecule has 0 amide bonds. The molecule has 13 heavy (non-hydrogen) atoms. The van der Waals surface area contributed by atoms with E-state index < -0.39 is 0 Å². The van der Waals surface area contributed by atoms with Crippen molar-refractivity contribution in [2.24, 2.45) is 0 Å². The van der Waals surface area contributed by atoms with Crippen molar-refractivity contribution in [2.45, 2.75) is 0 Å². The van der Waals surface area contributed by atoms with E-state index in [1.807, 2.05) is 18.2 Å². The van der Waals surface area contributed by atoms with Gasteiger partial charge in [-0.15, -0.1) is 4.98 Å². The molecular weight excluding hydrogens is 164 g/mol. The van der Waals surface area contributed by atoms with Crippen molar-refractivity contribution < 1.29 is 4.42 Å². The minimum absolute atomic E-state index is 0.398. The fourth-order valence-corrected chi connectivity index (χ4v) is 1.04. The van der Waals surface area contributed by atoms with E-state index >= 15 is 0 Å². The molecule has 0 fully saturated rings. The fourth-order valence-electron chi connectivity index (χ4n) is 1.04.